The molecule has 0 atom stereocenters. The molecule has 0 radical (unpaired) electrons. The van der Waals surface area contributed by atoms with Gasteiger partial charge in [0.2, 0.25) is 11.8 Å². The molecule has 3 aromatic carbocycles. The molecule has 2 aromatic heterocycles. The number of amides is 1. The first-order valence-electron chi connectivity index (χ1n) is 11.4. The van der Waals surface area contributed by atoms with E-state index in [1.54, 1.807) is 22.7 Å². The number of ether oxygens (including phenoxy) is 2. The van der Waals surface area contributed by atoms with Crippen LogP contribution in [-0.2, 0) is 4.79 Å². The van der Waals surface area contributed by atoms with E-state index in [2.05, 4.69) is 20.6 Å². The Morgan fingerprint density at radius 1 is 0.917 bits per heavy atom. The largest absolute Gasteiger partial charge is 0.475 e. The lowest BCUT2D eigenvalue weighted by Crippen LogP contribution is -2.34. The summed E-state index contributed by atoms with van der Waals surface area (Å²) in [5.41, 5.74) is 2.96. The molecule has 0 unspecified atom stereocenters. The van der Waals surface area contributed by atoms with Gasteiger partial charge in [-0.05, 0) is 30.3 Å². The highest BCUT2D eigenvalue weighted by molar-refractivity contribution is 6.33. The van der Waals surface area contributed by atoms with Crippen LogP contribution in [0.25, 0.3) is 17.0 Å². The van der Waals surface area contributed by atoms with Crippen LogP contribution in [0.2, 0.25) is 5.02 Å². The summed E-state index contributed by atoms with van der Waals surface area (Å²) < 4.78 is 13.4. The van der Waals surface area contributed by atoms with E-state index in [-0.39, 0.29) is 12.5 Å². The number of nitrogens with zero attached hydrogens (tertiary/aromatic N) is 4. The van der Waals surface area contributed by atoms with Gasteiger partial charge in [-0.25, -0.2) is 0 Å². The van der Waals surface area contributed by atoms with E-state index in [1.165, 1.54) is 0 Å². The van der Waals surface area contributed by atoms with E-state index < -0.39 is 5.92 Å². The van der Waals surface area contributed by atoms with Gasteiger partial charge in [0, 0.05) is 22.8 Å². The summed E-state index contributed by atoms with van der Waals surface area (Å²) >= 11 is 6.33. The number of hydrogen-bond donors (Lipinski definition) is 1. The van der Waals surface area contributed by atoms with Crippen LogP contribution in [0.5, 0.6) is 17.4 Å². The Hall–Kier alpha value is -4.43. The third-order valence-corrected chi connectivity index (χ3v) is 6.28. The maximum absolute atomic E-state index is 13.2. The number of aromatic nitrogens is 4. The van der Waals surface area contributed by atoms with Crippen molar-refractivity contribution in [3.8, 4) is 28.8 Å². The number of para-hydroxylation sites is 2. The number of carbonyl (C=O) groups is 1. The van der Waals surface area contributed by atoms with Crippen molar-refractivity contribution < 1.29 is 14.3 Å². The van der Waals surface area contributed by atoms with Crippen LogP contribution < -0.4 is 14.8 Å². The Morgan fingerprint density at radius 3 is 2.36 bits per heavy atom. The van der Waals surface area contributed by atoms with Crippen LogP contribution in [0, 0.1) is 0 Å². The zero-order valence-electron chi connectivity index (χ0n) is 19.0. The number of fused-ring (bicyclic) bond motifs is 3. The van der Waals surface area contributed by atoms with Gasteiger partial charge in [0.1, 0.15) is 18.1 Å². The van der Waals surface area contributed by atoms with Crippen molar-refractivity contribution in [1.82, 2.24) is 25.1 Å². The fourth-order valence-electron chi connectivity index (χ4n) is 4.28. The molecule has 0 fully saturated rings. The average Bonchev–Trinajstić information content (AvgIpc) is 3.33. The van der Waals surface area contributed by atoms with Gasteiger partial charge >= 0.3 is 0 Å². The Bertz CT molecular complexity index is 1540. The van der Waals surface area contributed by atoms with Crippen molar-refractivity contribution in [2.24, 2.45) is 0 Å². The normalized spacial score (nSPS) is 12.5. The monoisotopic (exact) mass is 497 g/mol. The molecule has 0 spiro atoms. The van der Waals surface area contributed by atoms with Gasteiger partial charge in [0.25, 0.3) is 0 Å². The molecule has 6 rings (SSSR count). The molecule has 1 amide bonds. The lowest BCUT2D eigenvalue weighted by Gasteiger charge is -2.27. The Morgan fingerprint density at radius 2 is 1.61 bits per heavy atom. The van der Waals surface area contributed by atoms with Crippen molar-refractivity contribution in [3.05, 3.63) is 101 Å². The molecular weight excluding hydrogens is 478 g/mol. The number of hydrogen-bond acceptors (Lipinski definition) is 6. The predicted octanol–water partition coefficient (Wildman–Crippen LogP) is 4.88. The standard InChI is InChI=1S/C27H20ClN5O3/c28-20-10-4-1-7-17(20)26-31-30-23-13-14-24(32-33(23)26)35-16-15-29-27(34)25-18-8-2-5-11-21(18)36-22-12-6-3-9-19(22)25/h1-14,25H,15-16H2,(H,29,34). The Balaban J connectivity index is 1.15. The highest BCUT2D eigenvalue weighted by Crippen LogP contribution is 2.43. The Kier molecular flexibility index (Phi) is 5.71. The van der Waals surface area contributed by atoms with Crippen LogP contribution in [-0.4, -0.2) is 38.9 Å². The molecule has 0 bridgehead atoms. The summed E-state index contributed by atoms with van der Waals surface area (Å²) in [6.45, 7) is 0.542. The predicted molar refractivity (Wildman–Crippen MR) is 135 cm³/mol. The van der Waals surface area contributed by atoms with Crippen LogP contribution in [0.4, 0.5) is 0 Å². The van der Waals surface area contributed by atoms with Crippen molar-refractivity contribution in [1.29, 1.82) is 0 Å². The van der Waals surface area contributed by atoms with Crippen LogP contribution in [0.1, 0.15) is 17.0 Å². The van der Waals surface area contributed by atoms with Gasteiger partial charge in [-0.1, -0.05) is 60.1 Å². The molecular formula is C27H20ClN5O3. The van der Waals surface area contributed by atoms with Gasteiger partial charge in [0.15, 0.2) is 11.5 Å². The number of carbonyl (C=O) groups excluding carboxylic acids is 1. The fourth-order valence-corrected chi connectivity index (χ4v) is 4.50. The second-order valence-corrected chi connectivity index (χ2v) is 8.60. The molecule has 0 aliphatic carbocycles. The Labute approximate surface area is 211 Å². The zero-order chi connectivity index (χ0) is 24.5. The minimum atomic E-state index is -0.462. The van der Waals surface area contributed by atoms with Crippen LogP contribution in [0.3, 0.4) is 0 Å². The molecule has 1 aliphatic heterocycles. The quantitative estimate of drug-likeness (QED) is 0.336. The molecule has 178 valence electrons. The van der Waals surface area contributed by atoms with E-state index in [0.29, 0.717) is 40.4 Å². The number of rotatable bonds is 6. The summed E-state index contributed by atoms with van der Waals surface area (Å²) in [4.78, 5) is 13.2. The minimum absolute atomic E-state index is 0.120. The maximum atomic E-state index is 13.2. The molecule has 3 heterocycles. The average molecular weight is 498 g/mol. The number of benzene rings is 3. The summed E-state index contributed by atoms with van der Waals surface area (Å²) in [5, 5.41) is 16.4. The third kappa shape index (κ3) is 4.01. The smallest absolute Gasteiger partial charge is 0.232 e. The van der Waals surface area contributed by atoms with E-state index >= 15 is 0 Å². The van der Waals surface area contributed by atoms with E-state index in [0.717, 1.165) is 16.7 Å². The second kappa shape index (κ2) is 9.31. The molecule has 36 heavy (non-hydrogen) atoms. The molecule has 9 heteroatoms. The van der Waals surface area contributed by atoms with Crippen molar-refractivity contribution in [2.45, 2.75) is 5.92 Å². The minimum Gasteiger partial charge on any atom is -0.475 e. The molecule has 1 aliphatic rings. The van der Waals surface area contributed by atoms with Gasteiger partial charge < -0.3 is 14.8 Å². The van der Waals surface area contributed by atoms with E-state index in [4.69, 9.17) is 21.1 Å². The third-order valence-electron chi connectivity index (χ3n) is 5.95. The van der Waals surface area contributed by atoms with Crippen LogP contribution in [0.15, 0.2) is 84.9 Å². The zero-order valence-corrected chi connectivity index (χ0v) is 19.7. The first-order chi connectivity index (χ1) is 17.7. The maximum Gasteiger partial charge on any atom is 0.232 e. The highest BCUT2D eigenvalue weighted by atomic mass is 35.5. The number of nitrogens with one attached hydrogen (secondary N) is 1. The molecule has 8 nitrogen and oxygen atoms in total. The van der Waals surface area contributed by atoms with Gasteiger partial charge in [-0.3, -0.25) is 4.79 Å². The molecule has 0 saturated heterocycles. The van der Waals surface area contributed by atoms with Gasteiger partial charge in [0.05, 0.1) is 17.5 Å². The summed E-state index contributed by atoms with van der Waals surface area (Å²) in [6.07, 6.45) is 0. The lowest BCUT2D eigenvalue weighted by molar-refractivity contribution is -0.121. The van der Waals surface area contributed by atoms with Crippen molar-refractivity contribution >= 4 is 23.2 Å². The topological polar surface area (TPSA) is 90.6 Å². The number of halogens is 1. The summed E-state index contributed by atoms with van der Waals surface area (Å²) in [5.74, 6) is 1.69. The van der Waals surface area contributed by atoms with Crippen molar-refractivity contribution in [3.63, 3.8) is 0 Å². The van der Waals surface area contributed by atoms with Gasteiger partial charge in [-0.2, -0.15) is 4.52 Å². The van der Waals surface area contributed by atoms with Gasteiger partial charge in [-0.15, -0.1) is 15.3 Å². The second-order valence-electron chi connectivity index (χ2n) is 8.20. The fraction of sp³-hybridized carbons (Fsp3) is 0.111. The van der Waals surface area contributed by atoms with E-state index in [9.17, 15) is 4.79 Å². The highest BCUT2D eigenvalue weighted by Gasteiger charge is 2.32. The summed E-state index contributed by atoms with van der Waals surface area (Å²) in [7, 11) is 0. The first-order valence-corrected chi connectivity index (χ1v) is 11.8. The lowest BCUT2D eigenvalue weighted by atomic mass is 9.87. The SMILES string of the molecule is O=C(NCCOc1ccc2nnc(-c3ccccc3Cl)n2n1)C1c2ccccc2Oc2ccccc21. The summed E-state index contributed by atoms with van der Waals surface area (Å²) in [6, 6.07) is 26.0. The van der Waals surface area contributed by atoms with Crippen LogP contribution >= 0.6 is 11.6 Å². The first kappa shape index (κ1) is 22.1. The molecule has 5 aromatic rings. The molecule has 0 saturated carbocycles. The molecule has 1 N–H and O–H groups in total. The van der Waals surface area contributed by atoms with E-state index in [1.807, 2.05) is 66.7 Å². The van der Waals surface area contributed by atoms with Crippen molar-refractivity contribution in [2.75, 3.05) is 13.2 Å².